The van der Waals surface area contributed by atoms with Crippen molar-refractivity contribution in [1.82, 2.24) is 15.5 Å². The fourth-order valence-electron chi connectivity index (χ4n) is 4.37. The first-order valence-corrected chi connectivity index (χ1v) is 9.80. The minimum absolute atomic E-state index is 0.207. The number of hydrogen-bond acceptors (Lipinski definition) is 5. The normalized spacial score (nSPS) is 23.8. The van der Waals surface area contributed by atoms with Gasteiger partial charge in [0.1, 0.15) is 5.60 Å². The zero-order chi connectivity index (χ0) is 22.2. The summed E-state index contributed by atoms with van der Waals surface area (Å²) in [5, 5.41) is 14.4. The second-order valence-electron chi connectivity index (χ2n) is 9.17. The van der Waals surface area contributed by atoms with Gasteiger partial charge in [0, 0.05) is 6.54 Å². The maximum Gasteiger partial charge on any atom is 0.408 e. The Labute approximate surface area is 175 Å². The first-order chi connectivity index (χ1) is 14.0. The summed E-state index contributed by atoms with van der Waals surface area (Å²) in [6.07, 6.45) is 1.36. The molecule has 0 heterocycles. The van der Waals surface area contributed by atoms with E-state index in [2.05, 4.69) is 16.7 Å². The van der Waals surface area contributed by atoms with E-state index < -0.39 is 23.3 Å². The van der Waals surface area contributed by atoms with Crippen molar-refractivity contribution >= 4 is 18.0 Å². The van der Waals surface area contributed by atoms with E-state index in [1.54, 1.807) is 43.9 Å². The Kier molecular flexibility index (Phi) is 5.37. The molecule has 30 heavy (non-hydrogen) atoms. The minimum Gasteiger partial charge on any atom is -0.444 e. The predicted octanol–water partition coefficient (Wildman–Crippen LogP) is 1.75. The maximum absolute atomic E-state index is 12.9. The molecule has 0 aliphatic heterocycles. The molecule has 3 aliphatic carbocycles. The van der Waals surface area contributed by atoms with E-state index in [9.17, 15) is 14.4 Å². The van der Waals surface area contributed by atoms with Gasteiger partial charge >= 0.3 is 12.1 Å². The molecule has 9 heteroatoms. The third-order valence-corrected chi connectivity index (χ3v) is 5.45. The van der Waals surface area contributed by atoms with Crippen molar-refractivity contribution in [2.75, 3.05) is 6.54 Å². The van der Waals surface area contributed by atoms with Crippen LogP contribution in [0.4, 0.5) is 9.59 Å². The number of primary amides is 1. The van der Waals surface area contributed by atoms with Crippen LogP contribution >= 0.6 is 0 Å². The quantitative estimate of drug-likeness (QED) is 0.652. The summed E-state index contributed by atoms with van der Waals surface area (Å²) in [7, 11) is 0. The molecule has 160 valence electrons. The molecule has 0 unspecified atom stereocenters. The third-order valence-electron chi connectivity index (χ3n) is 5.45. The number of rotatable bonds is 6. The second-order valence-corrected chi connectivity index (χ2v) is 9.17. The van der Waals surface area contributed by atoms with Gasteiger partial charge in [-0.3, -0.25) is 4.79 Å². The zero-order valence-corrected chi connectivity index (χ0v) is 17.4. The van der Waals surface area contributed by atoms with Gasteiger partial charge in [0.25, 0.3) is 0 Å². The molecule has 2 bridgehead atoms. The summed E-state index contributed by atoms with van der Waals surface area (Å²) >= 11 is 0. The van der Waals surface area contributed by atoms with Crippen LogP contribution in [-0.4, -0.2) is 46.2 Å². The summed E-state index contributed by atoms with van der Waals surface area (Å²) in [6.45, 7) is 5.51. The van der Waals surface area contributed by atoms with Crippen molar-refractivity contribution in [3.05, 3.63) is 35.4 Å². The van der Waals surface area contributed by atoms with Crippen LogP contribution in [-0.2, 0) is 16.1 Å². The fourth-order valence-corrected chi connectivity index (χ4v) is 4.37. The number of nitrogens with two attached hydrogens (primary N) is 1. The lowest BCUT2D eigenvalue weighted by Gasteiger charge is -2.73. The van der Waals surface area contributed by atoms with E-state index in [4.69, 9.17) is 15.7 Å². The average molecular weight is 413 g/mol. The van der Waals surface area contributed by atoms with Gasteiger partial charge in [-0.15, -0.1) is 0 Å². The van der Waals surface area contributed by atoms with Gasteiger partial charge in [-0.05, 0) is 57.7 Å². The summed E-state index contributed by atoms with van der Waals surface area (Å²) in [6, 6.07) is 8.38. The molecule has 3 saturated carbocycles. The highest BCUT2D eigenvalue weighted by Gasteiger charge is 2.72. The number of benzene rings is 1. The van der Waals surface area contributed by atoms with Gasteiger partial charge in [0.2, 0.25) is 5.91 Å². The van der Waals surface area contributed by atoms with E-state index in [1.807, 2.05) is 6.07 Å². The second kappa shape index (κ2) is 7.52. The van der Waals surface area contributed by atoms with Crippen LogP contribution in [0.15, 0.2) is 24.3 Å². The Morgan fingerprint density at radius 3 is 2.50 bits per heavy atom. The molecule has 4 N–H and O–H groups in total. The Hall–Kier alpha value is -3.28. The monoisotopic (exact) mass is 413 g/mol. The number of alkyl carbamates (subject to hydrolysis) is 1. The number of nitrogens with zero attached hydrogens (tertiary/aromatic N) is 2. The molecule has 0 saturated heterocycles. The van der Waals surface area contributed by atoms with Crippen LogP contribution in [0.5, 0.6) is 0 Å². The van der Waals surface area contributed by atoms with Crippen LogP contribution in [0.1, 0.15) is 51.2 Å². The van der Waals surface area contributed by atoms with Gasteiger partial charge in [-0.2, -0.15) is 5.26 Å². The number of carbonyl (C=O) groups is 3. The van der Waals surface area contributed by atoms with Gasteiger partial charge in [0.15, 0.2) is 0 Å². The summed E-state index contributed by atoms with van der Waals surface area (Å²) in [5.41, 5.74) is 5.09. The third kappa shape index (κ3) is 4.48. The molecule has 4 rings (SSSR count). The molecule has 0 spiro atoms. The van der Waals surface area contributed by atoms with E-state index in [0.29, 0.717) is 31.4 Å². The molecule has 3 fully saturated rings. The van der Waals surface area contributed by atoms with E-state index in [0.717, 1.165) is 5.56 Å². The molecule has 0 aromatic heterocycles. The lowest BCUT2D eigenvalue weighted by molar-refractivity contribution is -0.190. The van der Waals surface area contributed by atoms with Crippen molar-refractivity contribution in [3.8, 4) is 6.07 Å². The fraction of sp³-hybridized carbons (Fsp3) is 0.524. The van der Waals surface area contributed by atoms with Crippen LogP contribution in [0.25, 0.3) is 0 Å². The largest absolute Gasteiger partial charge is 0.444 e. The summed E-state index contributed by atoms with van der Waals surface area (Å²) in [4.78, 5) is 37.8. The van der Waals surface area contributed by atoms with Crippen LogP contribution in [0, 0.1) is 11.3 Å². The predicted molar refractivity (Wildman–Crippen MR) is 108 cm³/mol. The molecule has 1 aromatic carbocycles. The highest BCUT2D eigenvalue weighted by Crippen LogP contribution is 2.64. The maximum atomic E-state index is 12.9. The van der Waals surface area contributed by atoms with Crippen molar-refractivity contribution < 1.29 is 19.1 Å². The van der Waals surface area contributed by atoms with E-state index >= 15 is 0 Å². The molecule has 4 amide bonds. The lowest BCUT2D eigenvalue weighted by Crippen LogP contribution is -2.84. The Morgan fingerprint density at radius 1 is 1.27 bits per heavy atom. The summed E-state index contributed by atoms with van der Waals surface area (Å²) < 4.78 is 5.34. The van der Waals surface area contributed by atoms with Gasteiger partial charge in [-0.1, -0.05) is 12.1 Å². The van der Waals surface area contributed by atoms with Gasteiger partial charge in [-0.25, -0.2) is 9.59 Å². The number of nitrogens with one attached hydrogen (secondary N) is 2. The number of urea groups is 1. The first-order valence-electron chi connectivity index (χ1n) is 9.80. The smallest absolute Gasteiger partial charge is 0.408 e. The molecular formula is C21H27N5O4. The number of ether oxygens (including phenoxy) is 1. The Morgan fingerprint density at radius 2 is 1.93 bits per heavy atom. The Bertz CT molecular complexity index is 895. The first kappa shape index (κ1) is 21.4. The van der Waals surface area contributed by atoms with Crippen molar-refractivity contribution in [2.45, 2.75) is 63.3 Å². The Balaban J connectivity index is 1.70. The van der Waals surface area contributed by atoms with Crippen LogP contribution < -0.4 is 16.4 Å². The molecule has 0 radical (unpaired) electrons. The molecule has 3 aliphatic rings. The number of hydrogen-bond donors (Lipinski definition) is 3. The molecule has 9 nitrogen and oxygen atoms in total. The van der Waals surface area contributed by atoms with Gasteiger partial charge in [0.05, 0.1) is 29.3 Å². The molecule has 0 atom stereocenters. The van der Waals surface area contributed by atoms with Crippen LogP contribution in [0.2, 0.25) is 0 Å². The van der Waals surface area contributed by atoms with E-state index in [1.165, 1.54) is 0 Å². The highest BCUT2D eigenvalue weighted by atomic mass is 16.6. The van der Waals surface area contributed by atoms with Crippen molar-refractivity contribution in [1.29, 1.82) is 5.26 Å². The molecular weight excluding hydrogens is 386 g/mol. The topological polar surface area (TPSA) is 138 Å². The standard InChI is InChI=1S/C21H27N5O4/c1-19(2,3)30-18(29)25-20-11-21(12-20,13-20)26(16(27)9-24-17(23)28)10-15-6-4-5-14(7-15)8-22/h4-7H,9-13H2,1-3H3,(H,25,29)(H3,23,24,28). The van der Waals surface area contributed by atoms with Gasteiger partial charge < -0.3 is 26.0 Å². The van der Waals surface area contributed by atoms with Crippen LogP contribution in [0.3, 0.4) is 0 Å². The number of amides is 4. The summed E-state index contributed by atoms with van der Waals surface area (Å²) in [5.74, 6) is -0.262. The number of nitriles is 1. The highest BCUT2D eigenvalue weighted by molar-refractivity contribution is 5.84. The lowest BCUT2D eigenvalue weighted by atomic mass is 9.43. The van der Waals surface area contributed by atoms with E-state index in [-0.39, 0.29) is 18.0 Å². The zero-order valence-electron chi connectivity index (χ0n) is 17.4. The van der Waals surface area contributed by atoms with Crippen molar-refractivity contribution in [2.24, 2.45) is 5.73 Å². The van der Waals surface area contributed by atoms with Crippen molar-refractivity contribution in [3.63, 3.8) is 0 Å². The average Bonchev–Trinajstić information content (AvgIpc) is 2.58. The SMILES string of the molecule is CC(C)(C)OC(=O)NC12CC(N(Cc3cccc(C#N)c3)C(=O)CNC(N)=O)(C1)C2. The minimum atomic E-state index is -0.768. The molecule has 1 aromatic rings. The number of carbonyl (C=O) groups excluding carboxylic acids is 3.